The quantitative estimate of drug-likeness (QED) is 0.726. The first-order valence-corrected chi connectivity index (χ1v) is 6.80. The molecule has 0 aliphatic rings. The summed E-state index contributed by atoms with van der Waals surface area (Å²) in [5.74, 6) is 0.888. The topological polar surface area (TPSA) is 41.5 Å². The summed E-state index contributed by atoms with van der Waals surface area (Å²) in [6.07, 6.45) is 1.68. The van der Waals surface area contributed by atoms with E-state index in [-0.39, 0.29) is 6.61 Å². The Labute approximate surface area is 111 Å². The molecule has 0 heterocycles. The first-order valence-electron chi connectivity index (χ1n) is 6.00. The van der Waals surface area contributed by atoms with Gasteiger partial charge in [0.1, 0.15) is 5.75 Å². The number of hydrogen-bond acceptors (Lipinski definition) is 3. The first kappa shape index (κ1) is 14.5. The van der Waals surface area contributed by atoms with E-state index in [4.69, 9.17) is 9.84 Å². The zero-order chi connectivity index (χ0) is 12.5. The van der Waals surface area contributed by atoms with Crippen LogP contribution in [0.3, 0.4) is 0 Å². The fourth-order valence-electron chi connectivity index (χ4n) is 1.44. The second-order valence-electron chi connectivity index (χ2n) is 3.81. The number of ether oxygens (including phenoxy) is 1. The number of benzene rings is 1. The molecule has 0 amide bonds. The molecule has 17 heavy (non-hydrogen) atoms. The predicted octanol–water partition coefficient (Wildman–Crippen LogP) is 2.71. The van der Waals surface area contributed by atoms with E-state index in [9.17, 15) is 0 Å². The van der Waals surface area contributed by atoms with Crippen molar-refractivity contribution in [2.24, 2.45) is 0 Å². The van der Waals surface area contributed by atoms with Gasteiger partial charge in [-0.1, -0.05) is 22.9 Å². The number of aliphatic hydroxyl groups excluding tert-OH is 1. The van der Waals surface area contributed by atoms with Crippen molar-refractivity contribution < 1.29 is 9.84 Å². The number of nitrogens with one attached hydrogen (secondary N) is 1. The van der Waals surface area contributed by atoms with Crippen LogP contribution >= 0.6 is 15.9 Å². The van der Waals surface area contributed by atoms with Gasteiger partial charge in [0.25, 0.3) is 0 Å². The largest absolute Gasteiger partial charge is 0.494 e. The molecule has 0 bridgehead atoms. The highest BCUT2D eigenvalue weighted by atomic mass is 79.9. The maximum atomic E-state index is 8.67. The van der Waals surface area contributed by atoms with Gasteiger partial charge in [-0.2, -0.15) is 0 Å². The summed E-state index contributed by atoms with van der Waals surface area (Å²) in [5.41, 5.74) is 1.20. The third kappa shape index (κ3) is 5.52. The van der Waals surface area contributed by atoms with Crippen LogP contribution in [0.15, 0.2) is 22.7 Å². The molecule has 0 unspecified atom stereocenters. The zero-order valence-electron chi connectivity index (χ0n) is 10.2. The number of hydrogen-bond donors (Lipinski definition) is 2. The molecule has 0 aliphatic heterocycles. The molecule has 0 saturated carbocycles. The molecule has 0 saturated heterocycles. The molecule has 0 aliphatic carbocycles. The summed E-state index contributed by atoms with van der Waals surface area (Å²) in [4.78, 5) is 0. The minimum Gasteiger partial charge on any atom is -0.494 e. The van der Waals surface area contributed by atoms with Crippen molar-refractivity contribution in [2.45, 2.75) is 26.3 Å². The first-order chi connectivity index (χ1) is 8.27. The van der Waals surface area contributed by atoms with Crippen LogP contribution in [-0.4, -0.2) is 24.9 Å². The highest BCUT2D eigenvalue weighted by Crippen LogP contribution is 2.22. The van der Waals surface area contributed by atoms with Gasteiger partial charge in [-0.05, 0) is 43.1 Å². The molecule has 1 aromatic rings. The molecule has 0 radical (unpaired) electrons. The van der Waals surface area contributed by atoms with Crippen molar-refractivity contribution in [3.63, 3.8) is 0 Å². The highest BCUT2D eigenvalue weighted by molar-refractivity contribution is 9.10. The van der Waals surface area contributed by atoms with Gasteiger partial charge in [-0.25, -0.2) is 0 Å². The fraction of sp³-hybridized carbons (Fsp3) is 0.538. The van der Waals surface area contributed by atoms with Gasteiger partial charge in [0.2, 0.25) is 0 Å². The molecular weight excluding hydrogens is 282 g/mol. The molecule has 96 valence electrons. The van der Waals surface area contributed by atoms with Gasteiger partial charge in [0.15, 0.2) is 0 Å². The van der Waals surface area contributed by atoms with E-state index in [1.165, 1.54) is 5.56 Å². The Morgan fingerprint density at radius 2 is 2.18 bits per heavy atom. The van der Waals surface area contributed by atoms with Gasteiger partial charge >= 0.3 is 0 Å². The van der Waals surface area contributed by atoms with E-state index in [1.54, 1.807) is 0 Å². The lowest BCUT2D eigenvalue weighted by molar-refractivity contribution is 0.253. The van der Waals surface area contributed by atoms with Crippen LogP contribution in [0, 0.1) is 0 Å². The van der Waals surface area contributed by atoms with E-state index in [0.717, 1.165) is 36.2 Å². The molecule has 2 N–H and O–H groups in total. The molecule has 0 fully saturated rings. The summed E-state index contributed by atoms with van der Waals surface area (Å²) < 4.78 is 6.72. The Kier molecular flexibility index (Phi) is 7.24. The second-order valence-corrected chi connectivity index (χ2v) is 4.67. The molecule has 0 spiro atoms. The summed E-state index contributed by atoms with van der Waals surface area (Å²) in [7, 11) is 0. The van der Waals surface area contributed by atoms with Crippen molar-refractivity contribution in [3.8, 4) is 5.75 Å². The summed E-state index contributed by atoms with van der Waals surface area (Å²) >= 11 is 3.53. The Bertz CT molecular complexity index is 331. The summed E-state index contributed by atoms with van der Waals surface area (Å²) in [6, 6.07) is 6.01. The summed E-state index contributed by atoms with van der Waals surface area (Å²) in [5, 5.41) is 12.0. The molecule has 0 atom stereocenters. The van der Waals surface area contributed by atoms with Crippen LogP contribution in [0.5, 0.6) is 5.75 Å². The van der Waals surface area contributed by atoms with Crippen molar-refractivity contribution in [2.75, 3.05) is 19.8 Å². The standard InChI is InChI=1S/C13H20BrNO2/c1-2-15-10-11-9-12(5-6-13(11)14)17-8-4-3-7-16/h5-6,9,15-16H,2-4,7-8,10H2,1H3. The highest BCUT2D eigenvalue weighted by Gasteiger charge is 2.02. The van der Waals surface area contributed by atoms with E-state index in [1.807, 2.05) is 18.2 Å². The minimum absolute atomic E-state index is 0.232. The number of unbranched alkanes of at least 4 members (excludes halogenated alkanes) is 1. The third-order valence-corrected chi connectivity index (χ3v) is 3.18. The lowest BCUT2D eigenvalue weighted by atomic mass is 10.2. The Morgan fingerprint density at radius 3 is 2.88 bits per heavy atom. The summed E-state index contributed by atoms with van der Waals surface area (Å²) in [6.45, 7) is 4.76. The van der Waals surface area contributed by atoms with Gasteiger partial charge in [-0.15, -0.1) is 0 Å². The monoisotopic (exact) mass is 301 g/mol. The van der Waals surface area contributed by atoms with E-state index in [0.29, 0.717) is 6.61 Å². The number of aliphatic hydroxyl groups is 1. The van der Waals surface area contributed by atoms with E-state index >= 15 is 0 Å². The van der Waals surface area contributed by atoms with Crippen LogP contribution in [0.25, 0.3) is 0 Å². The van der Waals surface area contributed by atoms with Crippen LogP contribution in [0.1, 0.15) is 25.3 Å². The number of rotatable bonds is 8. The van der Waals surface area contributed by atoms with Gasteiger partial charge in [-0.3, -0.25) is 0 Å². The molecular formula is C13H20BrNO2. The second kappa shape index (κ2) is 8.50. The molecule has 4 heteroatoms. The van der Waals surface area contributed by atoms with Crippen molar-refractivity contribution in [1.29, 1.82) is 0 Å². The van der Waals surface area contributed by atoms with E-state index in [2.05, 4.69) is 28.2 Å². The predicted molar refractivity (Wildman–Crippen MR) is 73.3 cm³/mol. The van der Waals surface area contributed by atoms with Crippen LogP contribution in [0.2, 0.25) is 0 Å². The van der Waals surface area contributed by atoms with Crippen molar-refractivity contribution in [3.05, 3.63) is 28.2 Å². The van der Waals surface area contributed by atoms with Gasteiger partial charge < -0.3 is 15.2 Å². The lowest BCUT2D eigenvalue weighted by Crippen LogP contribution is -2.12. The molecule has 0 aromatic heterocycles. The molecule has 3 nitrogen and oxygen atoms in total. The SMILES string of the molecule is CCNCc1cc(OCCCCO)ccc1Br. The van der Waals surface area contributed by atoms with Crippen LogP contribution < -0.4 is 10.1 Å². The average molecular weight is 302 g/mol. The lowest BCUT2D eigenvalue weighted by Gasteiger charge is -2.10. The van der Waals surface area contributed by atoms with Crippen LogP contribution in [-0.2, 0) is 6.54 Å². The minimum atomic E-state index is 0.232. The van der Waals surface area contributed by atoms with Gasteiger partial charge in [0.05, 0.1) is 6.61 Å². The normalized spacial score (nSPS) is 10.5. The average Bonchev–Trinajstić information content (AvgIpc) is 2.35. The fourth-order valence-corrected chi connectivity index (χ4v) is 1.83. The maximum Gasteiger partial charge on any atom is 0.119 e. The van der Waals surface area contributed by atoms with Crippen molar-refractivity contribution in [1.82, 2.24) is 5.32 Å². The van der Waals surface area contributed by atoms with E-state index < -0.39 is 0 Å². The van der Waals surface area contributed by atoms with Crippen molar-refractivity contribution >= 4 is 15.9 Å². The number of halogens is 1. The van der Waals surface area contributed by atoms with Gasteiger partial charge in [0, 0.05) is 17.6 Å². The zero-order valence-corrected chi connectivity index (χ0v) is 11.8. The molecule has 1 aromatic carbocycles. The Morgan fingerprint density at radius 1 is 1.35 bits per heavy atom. The third-order valence-electron chi connectivity index (χ3n) is 2.40. The Balaban J connectivity index is 2.49. The smallest absolute Gasteiger partial charge is 0.119 e. The Hall–Kier alpha value is -0.580. The van der Waals surface area contributed by atoms with Crippen LogP contribution in [0.4, 0.5) is 0 Å². The maximum absolute atomic E-state index is 8.67. The molecule has 1 rings (SSSR count).